The normalized spacial score (nSPS) is 11.7. The van der Waals surface area contributed by atoms with Crippen molar-refractivity contribution >= 4 is 12.0 Å². The van der Waals surface area contributed by atoms with Gasteiger partial charge in [-0.2, -0.15) is 0 Å². The van der Waals surface area contributed by atoms with E-state index in [-0.39, 0.29) is 18.5 Å². The summed E-state index contributed by atoms with van der Waals surface area (Å²) < 4.78 is 5.13. The van der Waals surface area contributed by atoms with Crippen LogP contribution >= 0.6 is 0 Å². The molecule has 3 N–H and O–H groups in total. The number of urea groups is 1. The third-order valence-electron chi connectivity index (χ3n) is 2.89. The molecule has 0 bridgehead atoms. The van der Waals surface area contributed by atoms with Crippen LogP contribution < -0.4 is 10.6 Å². The van der Waals surface area contributed by atoms with E-state index >= 15 is 0 Å². The van der Waals surface area contributed by atoms with E-state index in [1.807, 2.05) is 37.3 Å². The van der Waals surface area contributed by atoms with Crippen LogP contribution in [0.5, 0.6) is 0 Å². The highest BCUT2D eigenvalue weighted by Crippen LogP contribution is 2.18. The van der Waals surface area contributed by atoms with E-state index in [0.717, 1.165) is 5.56 Å². The topological polar surface area (TPSA) is 87.7 Å². The van der Waals surface area contributed by atoms with Gasteiger partial charge in [-0.25, -0.2) is 4.79 Å². The van der Waals surface area contributed by atoms with Gasteiger partial charge in [0.2, 0.25) is 0 Å². The van der Waals surface area contributed by atoms with Gasteiger partial charge in [-0.1, -0.05) is 30.3 Å². The second kappa shape index (κ2) is 9.77. The fraction of sp³-hybridized carbons (Fsp3) is 0.467. The largest absolute Gasteiger partial charge is 0.481 e. The van der Waals surface area contributed by atoms with Gasteiger partial charge in [-0.3, -0.25) is 4.79 Å². The molecular weight excluding hydrogens is 272 g/mol. The molecular formula is C15H22N2O4. The zero-order valence-electron chi connectivity index (χ0n) is 12.2. The average Bonchev–Trinajstić information content (AvgIpc) is 2.48. The fourth-order valence-electron chi connectivity index (χ4n) is 1.87. The number of carbonyl (C=O) groups is 2. The van der Waals surface area contributed by atoms with Crippen LogP contribution in [-0.2, 0) is 9.53 Å². The molecule has 0 aromatic heterocycles. The number of carboxylic acid groups (broad SMARTS) is 1. The first-order valence-electron chi connectivity index (χ1n) is 7.02. The van der Waals surface area contributed by atoms with E-state index in [0.29, 0.717) is 26.2 Å². The maximum absolute atomic E-state index is 11.8. The Balaban J connectivity index is 2.52. The standard InChI is InChI=1S/C15H22N2O4/c1-2-21-11-10-16-15(20)17-13(8-9-14(18)19)12-6-4-3-5-7-12/h3-7,13H,2,8-11H2,1H3,(H,18,19)(H2,16,17,20). The first-order chi connectivity index (χ1) is 10.1. The average molecular weight is 294 g/mol. The van der Waals surface area contributed by atoms with Gasteiger partial charge in [-0.05, 0) is 18.9 Å². The quantitative estimate of drug-likeness (QED) is 0.607. The summed E-state index contributed by atoms with van der Waals surface area (Å²) in [7, 11) is 0. The summed E-state index contributed by atoms with van der Waals surface area (Å²) in [6.07, 6.45) is 0.344. The Morgan fingerprint density at radius 1 is 1.29 bits per heavy atom. The number of carbonyl (C=O) groups excluding carboxylic acids is 1. The molecule has 0 aliphatic rings. The van der Waals surface area contributed by atoms with Crippen molar-refractivity contribution in [3.05, 3.63) is 35.9 Å². The van der Waals surface area contributed by atoms with Crippen molar-refractivity contribution in [2.24, 2.45) is 0 Å². The van der Waals surface area contributed by atoms with Crippen molar-refractivity contribution in [2.45, 2.75) is 25.8 Å². The molecule has 0 saturated carbocycles. The number of hydrogen-bond donors (Lipinski definition) is 3. The number of benzene rings is 1. The molecule has 1 aromatic carbocycles. The highest BCUT2D eigenvalue weighted by atomic mass is 16.5. The number of ether oxygens (including phenoxy) is 1. The summed E-state index contributed by atoms with van der Waals surface area (Å²) in [6.45, 7) is 3.36. The minimum Gasteiger partial charge on any atom is -0.481 e. The smallest absolute Gasteiger partial charge is 0.315 e. The summed E-state index contributed by atoms with van der Waals surface area (Å²) in [5.74, 6) is -0.880. The Morgan fingerprint density at radius 2 is 2.00 bits per heavy atom. The van der Waals surface area contributed by atoms with Gasteiger partial charge in [0, 0.05) is 19.6 Å². The third kappa shape index (κ3) is 7.31. The van der Waals surface area contributed by atoms with Crippen molar-refractivity contribution in [3.63, 3.8) is 0 Å². The first kappa shape index (κ1) is 17.0. The Kier molecular flexibility index (Phi) is 7.89. The molecule has 0 aliphatic heterocycles. The van der Waals surface area contributed by atoms with Crippen molar-refractivity contribution < 1.29 is 19.4 Å². The Morgan fingerprint density at radius 3 is 2.62 bits per heavy atom. The lowest BCUT2D eigenvalue weighted by atomic mass is 10.0. The zero-order chi connectivity index (χ0) is 15.5. The number of nitrogens with one attached hydrogen (secondary N) is 2. The SMILES string of the molecule is CCOCCNC(=O)NC(CCC(=O)O)c1ccccc1. The molecule has 1 rings (SSSR count). The van der Waals surface area contributed by atoms with E-state index in [1.165, 1.54) is 0 Å². The van der Waals surface area contributed by atoms with Crippen LogP contribution in [0.3, 0.4) is 0 Å². The van der Waals surface area contributed by atoms with Crippen molar-refractivity contribution in [2.75, 3.05) is 19.8 Å². The fourth-order valence-corrected chi connectivity index (χ4v) is 1.87. The molecule has 1 unspecified atom stereocenters. The maximum atomic E-state index is 11.8. The van der Waals surface area contributed by atoms with Gasteiger partial charge in [0.05, 0.1) is 12.6 Å². The molecule has 1 aromatic rings. The molecule has 2 amide bonds. The van der Waals surface area contributed by atoms with Crippen LogP contribution in [0.1, 0.15) is 31.4 Å². The summed E-state index contributed by atoms with van der Waals surface area (Å²) >= 11 is 0. The van der Waals surface area contributed by atoms with E-state index in [2.05, 4.69) is 10.6 Å². The summed E-state index contributed by atoms with van der Waals surface area (Å²) in [4.78, 5) is 22.5. The minimum absolute atomic E-state index is 0.00120. The van der Waals surface area contributed by atoms with Gasteiger partial charge in [-0.15, -0.1) is 0 Å². The van der Waals surface area contributed by atoms with Crippen molar-refractivity contribution in [3.8, 4) is 0 Å². The predicted octanol–water partition coefficient (Wildman–Crippen LogP) is 1.93. The molecule has 0 fully saturated rings. The molecule has 0 saturated heterocycles. The van der Waals surface area contributed by atoms with Crippen LogP contribution in [0.4, 0.5) is 4.79 Å². The molecule has 6 nitrogen and oxygen atoms in total. The first-order valence-corrected chi connectivity index (χ1v) is 7.02. The molecule has 6 heteroatoms. The molecule has 0 heterocycles. The van der Waals surface area contributed by atoms with Gasteiger partial charge in [0.1, 0.15) is 0 Å². The molecule has 1 atom stereocenters. The highest BCUT2D eigenvalue weighted by Gasteiger charge is 2.15. The van der Waals surface area contributed by atoms with Gasteiger partial charge >= 0.3 is 12.0 Å². The van der Waals surface area contributed by atoms with Crippen LogP contribution in [0.2, 0.25) is 0 Å². The number of aliphatic carboxylic acids is 1. The van der Waals surface area contributed by atoms with E-state index < -0.39 is 5.97 Å². The lowest BCUT2D eigenvalue weighted by Crippen LogP contribution is -2.39. The van der Waals surface area contributed by atoms with Crippen molar-refractivity contribution in [1.29, 1.82) is 0 Å². The molecule has 0 radical (unpaired) electrons. The van der Waals surface area contributed by atoms with Gasteiger partial charge < -0.3 is 20.5 Å². The Labute approximate surface area is 124 Å². The van der Waals surface area contributed by atoms with Crippen molar-refractivity contribution in [1.82, 2.24) is 10.6 Å². The van der Waals surface area contributed by atoms with Gasteiger partial charge in [0.15, 0.2) is 0 Å². The number of hydrogen-bond acceptors (Lipinski definition) is 3. The van der Waals surface area contributed by atoms with Crippen LogP contribution in [-0.4, -0.2) is 36.9 Å². The highest BCUT2D eigenvalue weighted by molar-refractivity contribution is 5.74. The molecule has 0 spiro atoms. The lowest BCUT2D eigenvalue weighted by molar-refractivity contribution is -0.137. The Hall–Kier alpha value is -2.08. The lowest BCUT2D eigenvalue weighted by Gasteiger charge is -2.19. The minimum atomic E-state index is -0.880. The number of amides is 2. The zero-order valence-corrected chi connectivity index (χ0v) is 12.2. The second-order valence-electron chi connectivity index (χ2n) is 4.49. The monoisotopic (exact) mass is 294 g/mol. The van der Waals surface area contributed by atoms with Gasteiger partial charge in [0.25, 0.3) is 0 Å². The summed E-state index contributed by atoms with van der Waals surface area (Å²) in [5, 5.41) is 14.3. The van der Waals surface area contributed by atoms with E-state index in [9.17, 15) is 9.59 Å². The second-order valence-corrected chi connectivity index (χ2v) is 4.49. The summed E-state index contributed by atoms with van der Waals surface area (Å²) in [6, 6.07) is 8.68. The third-order valence-corrected chi connectivity index (χ3v) is 2.89. The molecule has 0 aliphatic carbocycles. The van der Waals surface area contributed by atoms with Crippen LogP contribution in [0.15, 0.2) is 30.3 Å². The summed E-state index contributed by atoms with van der Waals surface area (Å²) in [5.41, 5.74) is 0.888. The Bertz CT molecular complexity index is 437. The molecule has 21 heavy (non-hydrogen) atoms. The number of carboxylic acids is 1. The van der Waals surface area contributed by atoms with Crippen LogP contribution in [0, 0.1) is 0 Å². The predicted molar refractivity (Wildman–Crippen MR) is 79.1 cm³/mol. The van der Waals surface area contributed by atoms with Crippen LogP contribution in [0.25, 0.3) is 0 Å². The van der Waals surface area contributed by atoms with E-state index in [1.54, 1.807) is 0 Å². The number of rotatable bonds is 9. The molecule has 116 valence electrons. The van der Waals surface area contributed by atoms with E-state index in [4.69, 9.17) is 9.84 Å². The maximum Gasteiger partial charge on any atom is 0.315 e.